The van der Waals surface area contributed by atoms with Crippen LogP contribution in [0.1, 0.15) is 30.0 Å². The molecule has 0 aliphatic carbocycles. The normalized spacial score (nSPS) is 26.5. The summed E-state index contributed by atoms with van der Waals surface area (Å²) < 4.78 is 35.2. The topological polar surface area (TPSA) is 46.2 Å². The summed E-state index contributed by atoms with van der Waals surface area (Å²) >= 11 is -0.0474. The standard InChI is InChI=1S/C38H40O5Se/c1-29-15-14-24-38(42-29)37(44-33-22-12-5-13-23-33)36(41-27-32-20-10-4-11-21-32)35(40-26-31-18-8-3-9-19-31)34(43-38)28-39-25-30-16-6-2-7-17-30/h2-14,16-24,29,34-37H,15,25-28H2,1H3/t29-,34-,35-,36+,37?,38-/m1/s1. The minimum atomic E-state index is -0.956. The SMILES string of the molecule is C[C@@H]1CC=C[C@@]2(O1)O[C@H](COCc1ccccc1)[C@@H](OCc1ccccc1)[C@H](OCc1ccccc1)C2[Se]c1ccccc1. The van der Waals surface area contributed by atoms with Gasteiger partial charge in [-0.3, -0.25) is 0 Å². The number of hydrogen-bond acceptors (Lipinski definition) is 5. The third-order valence-electron chi connectivity index (χ3n) is 7.89. The van der Waals surface area contributed by atoms with Crippen LogP contribution < -0.4 is 4.46 Å². The van der Waals surface area contributed by atoms with Crippen LogP contribution in [0.3, 0.4) is 0 Å². The maximum atomic E-state index is 7.07. The van der Waals surface area contributed by atoms with Crippen molar-refractivity contribution in [2.45, 2.75) is 68.2 Å². The van der Waals surface area contributed by atoms with Crippen molar-refractivity contribution in [3.63, 3.8) is 0 Å². The van der Waals surface area contributed by atoms with Gasteiger partial charge in [-0.25, -0.2) is 0 Å². The molecule has 1 spiro atoms. The van der Waals surface area contributed by atoms with Crippen LogP contribution in [0.15, 0.2) is 133 Å². The summed E-state index contributed by atoms with van der Waals surface area (Å²) in [6, 6.07) is 41.5. The van der Waals surface area contributed by atoms with Crippen LogP contribution in [0.4, 0.5) is 0 Å². The molecule has 1 fully saturated rings. The molecule has 0 N–H and O–H groups in total. The van der Waals surface area contributed by atoms with E-state index in [-0.39, 0.29) is 38.1 Å². The van der Waals surface area contributed by atoms with Gasteiger partial charge in [-0.15, -0.1) is 0 Å². The van der Waals surface area contributed by atoms with Crippen LogP contribution in [-0.2, 0) is 43.5 Å². The van der Waals surface area contributed by atoms with E-state index in [2.05, 4.69) is 85.8 Å². The molecule has 0 amide bonds. The molecule has 2 aliphatic heterocycles. The quantitative estimate of drug-likeness (QED) is 0.126. The summed E-state index contributed by atoms with van der Waals surface area (Å²) in [7, 11) is 0. The van der Waals surface area contributed by atoms with Crippen LogP contribution in [0.5, 0.6) is 0 Å². The van der Waals surface area contributed by atoms with Crippen LogP contribution in [0.2, 0.25) is 4.82 Å². The molecule has 228 valence electrons. The Bertz CT molecular complexity index is 1440. The van der Waals surface area contributed by atoms with E-state index in [1.807, 2.05) is 54.6 Å². The second-order valence-electron chi connectivity index (χ2n) is 11.3. The molecule has 2 heterocycles. The summed E-state index contributed by atoms with van der Waals surface area (Å²) in [5.74, 6) is -0.956. The van der Waals surface area contributed by atoms with Crippen LogP contribution in [0.25, 0.3) is 0 Å². The van der Waals surface area contributed by atoms with Gasteiger partial charge in [0, 0.05) is 0 Å². The van der Waals surface area contributed by atoms with Crippen molar-refractivity contribution in [2.24, 2.45) is 0 Å². The number of hydrogen-bond donors (Lipinski definition) is 0. The van der Waals surface area contributed by atoms with Gasteiger partial charge in [0.05, 0.1) is 0 Å². The zero-order chi connectivity index (χ0) is 30.0. The van der Waals surface area contributed by atoms with Gasteiger partial charge < -0.3 is 0 Å². The van der Waals surface area contributed by atoms with E-state index in [9.17, 15) is 0 Å². The van der Waals surface area contributed by atoms with Gasteiger partial charge in [0.1, 0.15) is 0 Å². The molecule has 0 saturated carbocycles. The molecule has 0 bridgehead atoms. The summed E-state index contributed by atoms with van der Waals surface area (Å²) in [6.07, 6.45) is 4.06. The molecule has 44 heavy (non-hydrogen) atoms. The van der Waals surface area contributed by atoms with E-state index in [0.29, 0.717) is 26.4 Å². The average molecular weight is 656 g/mol. The molecule has 1 saturated heterocycles. The molecule has 0 radical (unpaired) electrons. The molecule has 5 nitrogen and oxygen atoms in total. The van der Waals surface area contributed by atoms with Gasteiger partial charge in [0.15, 0.2) is 0 Å². The van der Waals surface area contributed by atoms with Crippen molar-refractivity contribution in [1.29, 1.82) is 0 Å². The van der Waals surface area contributed by atoms with E-state index < -0.39 is 11.9 Å². The Morgan fingerprint density at radius 1 is 0.659 bits per heavy atom. The predicted molar refractivity (Wildman–Crippen MR) is 174 cm³/mol. The first kappa shape index (κ1) is 30.9. The van der Waals surface area contributed by atoms with Gasteiger partial charge in [0.2, 0.25) is 0 Å². The Kier molecular flexibility index (Phi) is 10.8. The van der Waals surface area contributed by atoms with Crippen LogP contribution in [-0.4, -0.2) is 51.8 Å². The molecule has 6 rings (SSSR count). The fourth-order valence-corrected chi connectivity index (χ4v) is 8.54. The number of rotatable bonds is 12. The Morgan fingerprint density at radius 2 is 1.18 bits per heavy atom. The van der Waals surface area contributed by atoms with Crippen molar-refractivity contribution in [1.82, 2.24) is 0 Å². The fraction of sp³-hybridized carbons (Fsp3) is 0.316. The summed E-state index contributed by atoms with van der Waals surface area (Å²) in [4.78, 5) is -0.105. The van der Waals surface area contributed by atoms with Gasteiger partial charge in [-0.05, 0) is 0 Å². The molecule has 4 aromatic carbocycles. The van der Waals surface area contributed by atoms with E-state index >= 15 is 0 Å². The van der Waals surface area contributed by atoms with E-state index in [4.69, 9.17) is 23.7 Å². The Hall–Kier alpha value is -3.06. The first-order chi connectivity index (χ1) is 21.7. The third kappa shape index (κ3) is 7.96. The zero-order valence-electron chi connectivity index (χ0n) is 25.1. The predicted octanol–water partition coefficient (Wildman–Crippen LogP) is 6.65. The van der Waals surface area contributed by atoms with E-state index in [1.54, 1.807) is 0 Å². The Labute approximate surface area is 267 Å². The van der Waals surface area contributed by atoms with Gasteiger partial charge in [0.25, 0.3) is 0 Å². The summed E-state index contributed by atoms with van der Waals surface area (Å²) in [5.41, 5.74) is 3.33. The Balaban J connectivity index is 1.35. The van der Waals surface area contributed by atoms with Crippen molar-refractivity contribution in [2.75, 3.05) is 6.61 Å². The van der Waals surface area contributed by atoms with Crippen LogP contribution >= 0.6 is 0 Å². The first-order valence-electron chi connectivity index (χ1n) is 15.4. The zero-order valence-corrected chi connectivity index (χ0v) is 26.8. The molecule has 0 aromatic heterocycles. The monoisotopic (exact) mass is 656 g/mol. The molecule has 2 aliphatic rings. The fourth-order valence-electron chi connectivity index (χ4n) is 5.75. The summed E-state index contributed by atoms with van der Waals surface area (Å²) in [5, 5.41) is 0. The Morgan fingerprint density at radius 3 is 1.75 bits per heavy atom. The van der Waals surface area contributed by atoms with Gasteiger partial charge in [-0.1, -0.05) is 0 Å². The van der Waals surface area contributed by atoms with Gasteiger partial charge >= 0.3 is 268 Å². The maximum absolute atomic E-state index is 7.07. The average Bonchev–Trinajstić information content (AvgIpc) is 3.06. The number of benzene rings is 4. The molecule has 1 unspecified atom stereocenters. The van der Waals surface area contributed by atoms with E-state index in [0.717, 1.165) is 23.1 Å². The molecule has 6 atom stereocenters. The molecular weight excluding hydrogens is 615 g/mol. The first-order valence-corrected chi connectivity index (χ1v) is 17.2. The van der Waals surface area contributed by atoms with Crippen molar-refractivity contribution >= 4 is 19.4 Å². The van der Waals surface area contributed by atoms with Crippen molar-refractivity contribution < 1.29 is 23.7 Å². The van der Waals surface area contributed by atoms with Gasteiger partial charge in [-0.2, -0.15) is 0 Å². The molecular formula is C38H40O5Se. The minimum absolute atomic E-state index is 0.0107. The van der Waals surface area contributed by atoms with E-state index in [1.165, 1.54) is 4.46 Å². The second-order valence-corrected chi connectivity index (χ2v) is 13.9. The third-order valence-corrected chi connectivity index (χ3v) is 10.8. The number of ether oxygens (including phenoxy) is 5. The molecule has 6 heteroatoms. The summed E-state index contributed by atoms with van der Waals surface area (Å²) in [6.45, 7) is 3.85. The second kappa shape index (κ2) is 15.3. The van der Waals surface area contributed by atoms with Crippen molar-refractivity contribution in [3.05, 3.63) is 150 Å². The molecule has 4 aromatic rings. The van der Waals surface area contributed by atoms with Crippen LogP contribution in [0, 0.1) is 0 Å². The van der Waals surface area contributed by atoms with Crippen molar-refractivity contribution in [3.8, 4) is 0 Å².